The highest BCUT2D eigenvalue weighted by molar-refractivity contribution is 9.10. The van der Waals surface area contributed by atoms with E-state index in [1.54, 1.807) is 6.20 Å². The zero-order valence-electron chi connectivity index (χ0n) is 8.16. The molecule has 2 aromatic heterocycles. The van der Waals surface area contributed by atoms with Crippen molar-refractivity contribution in [2.24, 2.45) is 0 Å². The van der Waals surface area contributed by atoms with Crippen molar-refractivity contribution < 1.29 is 0 Å². The highest BCUT2D eigenvalue weighted by atomic mass is 79.9. The van der Waals surface area contributed by atoms with E-state index in [2.05, 4.69) is 41.4 Å². The van der Waals surface area contributed by atoms with E-state index in [1.165, 1.54) is 6.33 Å². The molecular formula is C9H10BrN5. The summed E-state index contributed by atoms with van der Waals surface area (Å²) in [5.74, 6) is 1.59. The van der Waals surface area contributed by atoms with Gasteiger partial charge >= 0.3 is 0 Å². The molecule has 2 heterocycles. The second-order valence-corrected chi connectivity index (χ2v) is 3.87. The van der Waals surface area contributed by atoms with Crippen LogP contribution in [0.3, 0.4) is 0 Å². The van der Waals surface area contributed by atoms with Gasteiger partial charge in [-0.05, 0) is 34.5 Å². The number of anilines is 1. The maximum absolute atomic E-state index is 4.22. The molecule has 0 aliphatic heterocycles. The summed E-state index contributed by atoms with van der Waals surface area (Å²) >= 11 is 3.47. The van der Waals surface area contributed by atoms with E-state index in [1.807, 2.05) is 13.0 Å². The summed E-state index contributed by atoms with van der Waals surface area (Å²) in [6.45, 7) is 2.60. The molecule has 0 aromatic carbocycles. The largest absolute Gasteiger partial charge is 0.362 e. The number of pyridine rings is 1. The molecule has 0 bridgehead atoms. The molecule has 0 radical (unpaired) electrons. The number of hydrogen-bond donors (Lipinski definition) is 2. The number of nitrogens with zero attached hydrogens (tertiary/aromatic N) is 3. The molecule has 2 aromatic rings. The fraction of sp³-hybridized carbons (Fsp3) is 0.222. The van der Waals surface area contributed by atoms with Gasteiger partial charge in [0, 0.05) is 6.20 Å². The van der Waals surface area contributed by atoms with Crippen LogP contribution < -0.4 is 5.32 Å². The quantitative estimate of drug-likeness (QED) is 0.892. The van der Waals surface area contributed by atoms with Crippen molar-refractivity contribution in [3.63, 3.8) is 0 Å². The maximum Gasteiger partial charge on any atom is 0.143 e. The molecular weight excluding hydrogens is 258 g/mol. The number of aryl methyl sites for hydroxylation is 1. The number of rotatable bonds is 3. The fourth-order valence-corrected chi connectivity index (χ4v) is 1.52. The third-order valence-electron chi connectivity index (χ3n) is 1.97. The lowest BCUT2D eigenvalue weighted by Gasteiger charge is -2.06. The molecule has 0 saturated heterocycles. The van der Waals surface area contributed by atoms with Crippen molar-refractivity contribution >= 4 is 21.7 Å². The molecule has 6 heteroatoms. The number of H-pyrrole nitrogens is 1. The Labute approximate surface area is 95.5 Å². The number of halogens is 1. The lowest BCUT2D eigenvalue weighted by Crippen LogP contribution is -2.04. The molecule has 2 rings (SSSR count). The standard InChI is InChI=1S/C9H10BrN5/c1-6-2-3-11-9(8(6)10)12-4-7-13-5-14-15-7/h2-3,5H,4H2,1H3,(H,11,12)(H,13,14,15). The van der Waals surface area contributed by atoms with E-state index in [0.717, 1.165) is 21.7 Å². The molecule has 0 amide bonds. The first-order valence-corrected chi connectivity index (χ1v) is 5.26. The molecule has 0 fully saturated rings. The highest BCUT2D eigenvalue weighted by Crippen LogP contribution is 2.23. The van der Waals surface area contributed by atoms with E-state index in [4.69, 9.17) is 0 Å². The zero-order valence-corrected chi connectivity index (χ0v) is 9.74. The molecule has 2 N–H and O–H groups in total. The van der Waals surface area contributed by atoms with Crippen LogP contribution in [0.15, 0.2) is 23.1 Å². The normalized spacial score (nSPS) is 10.3. The molecule has 78 valence electrons. The average molecular weight is 268 g/mol. The average Bonchev–Trinajstić information content (AvgIpc) is 2.73. The van der Waals surface area contributed by atoms with Gasteiger partial charge in [-0.25, -0.2) is 9.97 Å². The summed E-state index contributed by atoms with van der Waals surface area (Å²) in [7, 11) is 0. The Hall–Kier alpha value is -1.43. The van der Waals surface area contributed by atoms with Crippen molar-refractivity contribution in [3.05, 3.63) is 34.5 Å². The van der Waals surface area contributed by atoms with Gasteiger partial charge in [0.25, 0.3) is 0 Å². The van der Waals surface area contributed by atoms with Crippen LogP contribution in [-0.2, 0) is 6.54 Å². The summed E-state index contributed by atoms with van der Waals surface area (Å²) in [5.41, 5.74) is 1.14. The van der Waals surface area contributed by atoms with Gasteiger partial charge in [-0.15, -0.1) is 0 Å². The Morgan fingerprint density at radius 2 is 2.33 bits per heavy atom. The van der Waals surface area contributed by atoms with Crippen LogP contribution in [0.25, 0.3) is 0 Å². The number of aromatic nitrogens is 4. The van der Waals surface area contributed by atoms with Crippen molar-refractivity contribution in [2.45, 2.75) is 13.5 Å². The molecule has 0 aliphatic carbocycles. The topological polar surface area (TPSA) is 66.5 Å². The molecule has 5 nitrogen and oxygen atoms in total. The first-order valence-electron chi connectivity index (χ1n) is 4.46. The van der Waals surface area contributed by atoms with Crippen LogP contribution in [0.4, 0.5) is 5.82 Å². The lowest BCUT2D eigenvalue weighted by atomic mass is 10.3. The van der Waals surface area contributed by atoms with Crippen LogP contribution in [0.5, 0.6) is 0 Å². The maximum atomic E-state index is 4.22. The van der Waals surface area contributed by atoms with Gasteiger partial charge in [0.1, 0.15) is 18.0 Å². The second kappa shape index (κ2) is 4.39. The Balaban J connectivity index is 2.08. The van der Waals surface area contributed by atoms with Gasteiger partial charge in [-0.2, -0.15) is 5.10 Å². The van der Waals surface area contributed by atoms with Gasteiger partial charge < -0.3 is 5.32 Å². The summed E-state index contributed by atoms with van der Waals surface area (Å²) in [4.78, 5) is 8.23. The predicted molar refractivity (Wildman–Crippen MR) is 60.4 cm³/mol. The van der Waals surface area contributed by atoms with Crippen molar-refractivity contribution in [1.29, 1.82) is 0 Å². The van der Waals surface area contributed by atoms with Gasteiger partial charge in [0.15, 0.2) is 0 Å². The molecule has 0 spiro atoms. The second-order valence-electron chi connectivity index (χ2n) is 3.08. The van der Waals surface area contributed by atoms with Gasteiger partial charge in [0.05, 0.1) is 11.0 Å². The van der Waals surface area contributed by atoms with Crippen LogP contribution >= 0.6 is 15.9 Å². The molecule has 0 saturated carbocycles. The zero-order chi connectivity index (χ0) is 10.7. The van der Waals surface area contributed by atoms with E-state index in [9.17, 15) is 0 Å². The number of aromatic amines is 1. The highest BCUT2D eigenvalue weighted by Gasteiger charge is 2.03. The smallest absolute Gasteiger partial charge is 0.143 e. The number of hydrogen-bond acceptors (Lipinski definition) is 4. The van der Waals surface area contributed by atoms with Crippen LogP contribution in [0.1, 0.15) is 11.4 Å². The molecule has 15 heavy (non-hydrogen) atoms. The SMILES string of the molecule is Cc1ccnc(NCc2ncn[nH]2)c1Br. The minimum atomic E-state index is 0.578. The Kier molecular flexibility index (Phi) is 2.96. The minimum absolute atomic E-state index is 0.578. The first-order chi connectivity index (χ1) is 7.27. The van der Waals surface area contributed by atoms with Crippen LogP contribution in [0.2, 0.25) is 0 Å². The van der Waals surface area contributed by atoms with E-state index >= 15 is 0 Å². The minimum Gasteiger partial charge on any atom is -0.362 e. The van der Waals surface area contributed by atoms with Gasteiger partial charge in [0.2, 0.25) is 0 Å². The summed E-state index contributed by atoms with van der Waals surface area (Å²) in [6.07, 6.45) is 3.25. The summed E-state index contributed by atoms with van der Waals surface area (Å²) in [5, 5.41) is 9.71. The Morgan fingerprint density at radius 3 is 3.07 bits per heavy atom. The number of nitrogens with one attached hydrogen (secondary N) is 2. The Morgan fingerprint density at radius 1 is 1.47 bits per heavy atom. The van der Waals surface area contributed by atoms with Crippen molar-refractivity contribution in [1.82, 2.24) is 20.2 Å². The van der Waals surface area contributed by atoms with Crippen LogP contribution in [-0.4, -0.2) is 20.2 Å². The molecule has 0 atom stereocenters. The Bertz CT molecular complexity index is 440. The first kappa shape index (κ1) is 10.1. The molecule has 0 aliphatic rings. The van der Waals surface area contributed by atoms with Gasteiger partial charge in [-0.3, -0.25) is 5.10 Å². The lowest BCUT2D eigenvalue weighted by molar-refractivity contribution is 0.945. The van der Waals surface area contributed by atoms with E-state index in [-0.39, 0.29) is 0 Å². The summed E-state index contributed by atoms with van der Waals surface area (Å²) in [6, 6.07) is 1.95. The van der Waals surface area contributed by atoms with Gasteiger partial charge in [-0.1, -0.05) is 0 Å². The fourth-order valence-electron chi connectivity index (χ4n) is 1.15. The monoisotopic (exact) mass is 267 g/mol. The van der Waals surface area contributed by atoms with E-state index in [0.29, 0.717) is 6.54 Å². The third kappa shape index (κ3) is 2.33. The predicted octanol–water partition coefficient (Wildman–Crippen LogP) is 1.88. The van der Waals surface area contributed by atoms with Crippen molar-refractivity contribution in [3.8, 4) is 0 Å². The van der Waals surface area contributed by atoms with E-state index < -0.39 is 0 Å². The third-order valence-corrected chi connectivity index (χ3v) is 2.97. The van der Waals surface area contributed by atoms with Crippen LogP contribution in [0, 0.1) is 6.92 Å². The van der Waals surface area contributed by atoms with Crippen molar-refractivity contribution in [2.75, 3.05) is 5.32 Å². The molecule has 0 unspecified atom stereocenters. The summed E-state index contributed by atoms with van der Waals surface area (Å²) < 4.78 is 0.976.